The summed E-state index contributed by atoms with van der Waals surface area (Å²) in [5, 5.41) is 2.79. The highest BCUT2D eigenvalue weighted by atomic mass is 16.7. The van der Waals surface area contributed by atoms with Gasteiger partial charge in [0.25, 0.3) is 0 Å². The molecule has 0 aliphatic heterocycles. The number of nitrogens with one attached hydrogen (secondary N) is 1. The largest absolute Gasteiger partial charge is 0.358 e. The van der Waals surface area contributed by atoms with Gasteiger partial charge in [0.1, 0.15) is 0 Å². The Morgan fingerprint density at radius 3 is 2.63 bits per heavy atom. The summed E-state index contributed by atoms with van der Waals surface area (Å²) < 4.78 is 0. The minimum Gasteiger partial charge on any atom is -0.316 e. The molecule has 0 aliphatic carbocycles. The van der Waals surface area contributed by atoms with E-state index in [1.54, 1.807) is 30.6 Å². The van der Waals surface area contributed by atoms with Crippen LogP contribution in [0.25, 0.3) is 6.08 Å². The fraction of sp³-hybridized carbons (Fsp3) is 0. The molecule has 19 heavy (non-hydrogen) atoms. The van der Waals surface area contributed by atoms with Crippen molar-refractivity contribution in [1.82, 2.24) is 9.94 Å². The maximum Gasteiger partial charge on any atom is 0.358 e. The predicted molar refractivity (Wildman–Crippen MR) is 73.5 cm³/mol. The van der Waals surface area contributed by atoms with Crippen molar-refractivity contribution in [3.8, 4) is 0 Å². The summed E-state index contributed by atoms with van der Waals surface area (Å²) in [6, 6.07) is 16.8. The van der Waals surface area contributed by atoms with Gasteiger partial charge in [-0.25, -0.2) is 4.79 Å². The molecule has 0 atom stereocenters. The number of carbonyl (C=O) groups excluding carboxylic acids is 1. The van der Waals surface area contributed by atoms with Crippen molar-refractivity contribution >= 4 is 12.0 Å². The highest BCUT2D eigenvalue weighted by Gasteiger charge is 1.96. The van der Waals surface area contributed by atoms with E-state index in [0.717, 1.165) is 5.56 Å². The summed E-state index contributed by atoms with van der Waals surface area (Å²) in [4.78, 5) is 17.9. The third-order valence-corrected chi connectivity index (χ3v) is 2.25. The van der Waals surface area contributed by atoms with Crippen LogP contribution in [-0.2, 0) is 4.79 Å². The molecule has 0 radical (unpaired) electrons. The van der Waals surface area contributed by atoms with E-state index in [0.29, 0.717) is 0 Å². The number of carbonyl (C=O) groups is 1. The van der Waals surface area contributed by atoms with Crippen LogP contribution < -0.4 is 4.84 Å². The number of nitrogens with zero attached hydrogens (tertiary/aromatic N) is 1. The summed E-state index contributed by atoms with van der Waals surface area (Å²) in [5.41, 5.74) is 0.943. The Bertz CT molecular complexity index is 576. The first kappa shape index (κ1) is 12.7. The second-order valence-electron chi connectivity index (χ2n) is 3.69. The molecular weight excluding hydrogens is 240 g/mol. The molecule has 0 unspecified atom stereocenters. The van der Waals surface area contributed by atoms with Crippen molar-refractivity contribution in [3.05, 3.63) is 78.6 Å². The van der Waals surface area contributed by atoms with Crippen LogP contribution in [0.1, 0.15) is 5.56 Å². The molecule has 2 aromatic rings. The first-order valence-electron chi connectivity index (χ1n) is 5.85. The smallest absolute Gasteiger partial charge is 0.316 e. The van der Waals surface area contributed by atoms with Gasteiger partial charge in [-0.3, -0.25) is 5.10 Å². The molecule has 1 N–H and O–H groups in total. The van der Waals surface area contributed by atoms with E-state index in [2.05, 4.69) is 5.10 Å². The van der Waals surface area contributed by atoms with E-state index in [1.165, 1.54) is 10.9 Å². The van der Waals surface area contributed by atoms with Crippen LogP contribution in [0.5, 0.6) is 0 Å². The van der Waals surface area contributed by atoms with E-state index < -0.39 is 5.97 Å². The van der Waals surface area contributed by atoms with Crippen molar-refractivity contribution < 1.29 is 9.63 Å². The van der Waals surface area contributed by atoms with Crippen molar-refractivity contribution in [2.45, 2.75) is 0 Å². The number of hydrogen-bond acceptors (Lipinski definition) is 2. The van der Waals surface area contributed by atoms with E-state index in [4.69, 9.17) is 4.84 Å². The fourth-order valence-electron chi connectivity index (χ4n) is 1.38. The minimum absolute atomic E-state index is 0.459. The zero-order chi connectivity index (χ0) is 13.3. The lowest BCUT2D eigenvalue weighted by Crippen LogP contribution is -2.18. The average molecular weight is 254 g/mol. The average Bonchev–Trinajstić information content (AvgIpc) is 2.41. The van der Waals surface area contributed by atoms with Gasteiger partial charge in [-0.15, -0.1) is 4.85 Å². The maximum absolute atomic E-state index is 11.6. The molecular formula is C15H14N2O2. The zero-order valence-electron chi connectivity index (χ0n) is 10.3. The van der Waals surface area contributed by atoms with Gasteiger partial charge < -0.3 is 4.84 Å². The van der Waals surface area contributed by atoms with Crippen LogP contribution in [0.2, 0.25) is 0 Å². The van der Waals surface area contributed by atoms with E-state index in [9.17, 15) is 4.79 Å². The number of aromatic amines is 1. The first-order chi connectivity index (χ1) is 9.34. The molecule has 1 aromatic carbocycles. The quantitative estimate of drug-likeness (QED) is 0.856. The van der Waals surface area contributed by atoms with Crippen LogP contribution >= 0.6 is 0 Å². The Morgan fingerprint density at radius 2 is 1.79 bits per heavy atom. The summed E-state index contributed by atoms with van der Waals surface area (Å²) >= 11 is 0. The lowest BCUT2D eigenvalue weighted by molar-refractivity contribution is -0.139. The monoisotopic (exact) mass is 254 g/mol. The molecule has 1 heterocycles. The Labute approximate surface area is 111 Å². The maximum atomic E-state index is 11.6. The van der Waals surface area contributed by atoms with Crippen LogP contribution in [-0.4, -0.2) is 15.9 Å². The van der Waals surface area contributed by atoms with Crippen molar-refractivity contribution in [3.63, 3.8) is 0 Å². The molecule has 0 saturated heterocycles. The van der Waals surface area contributed by atoms with Crippen molar-refractivity contribution in [2.75, 3.05) is 0 Å². The predicted octanol–water partition coefficient (Wildman–Crippen LogP) is 2.61. The van der Waals surface area contributed by atoms with Gasteiger partial charge in [-0.2, -0.15) is 0 Å². The molecule has 4 nitrogen and oxygen atoms in total. The lowest BCUT2D eigenvalue weighted by atomic mass is 10.2. The number of benzene rings is 1. The number of hydrogen-bond donors (Lipinski definition) is 1. The normalized spacial score (nSPS) is 10.1. The van der Waals surface area contributed by atoms with Gasteiger partial charge in [0.15, 0.2) is 0 Å². The summed E-state index contributed by atoms with van der Waals surface area (Å²) in [6.07, 6.45) is 6.34. The number of aromatic nitrogens is 2. The second kappa shape index (κ2) is 6.86. The highest BCUT2D eigenvalue weighted by Crippen LogP contribution is 2.00. The molecule has 0 spiro atoms. The zero-order valence-corrected chi connectivity index (χ0v) is 10.3. The van der Waals surface area contributed by atoms with Crippen LogP contribution in [0, 0.1) is 0 Å². The summed E-state index contributed by atoms with van der Waals surface area (Å²) in [5.74, 6) is -0.459. The molecule has 0 saturated carbocycles. The van der Waals surface area contributed by atoms with Crippen LogP contribution in [0.3, 0.4) is 0 Å². The van der Waals surface area contributed by atoms with Gasteiger partial charge in [-0.1, -0.05) is 42.5 Å². The summed E-state index contributed by atoms with van der Waals surface area (Å²) in [7, 11) is 0. The fourth-order valence-corrected chi connectivity index (χ4v) is 1.38. The molecule has 0 aliphatic rings. The second-order valence-corrected chi connectivity index (χ2v) is 3.69. The topological polar surface area (TPSA) is 47.0 Å². The van der Waals surface area contributed by atoms with E-state index in [-0.39, 0.29) is 0 Å². The van der Waals surface area contributed by atoms with Gasteiger partial charge >= 0.3 is 5.97 Å². The molecule has 2 rings (SSSR count). The Hall–Kier alpha value is -2.75. The number of rotatable bonds is 3. The van der Waals surface area contributed by atoms with E-state index >= 15 is 0 Å². The molecule has 1 aromatic heterocycles. The van der Waals surface area contributed by atoms with Crippen LogP contribution in [0.4, 0.5) is 0 Å². The Morgan fingerprint density at radius 1 is 1.05 bits per heavy atom. The van der Waals surface area contributed by atoms with Gasteiger partial charge in [0.2, 0.25) is 0 Å². The lowest BCUT2D eigenvalue weighted by Gasteiger charge is -2.02. The van der Waals surface area contributed by atoms with Gasteiger partial charge in [0, 0.05) is 12.3 Å². The van der Waals surface area contributed by atoms with Crippen molar-refractivity contribution in [2.24, 2.45) is 0 Å². The first-order valence-corrected chi connectivity index (χ1v) is 5.85. The highest BCUT2D eigenvalue weighted by molar-refractivity contribution is 5.87. The third kappa shape index (κ3) is 4.55. The molecule has 96 valence electrons. The van der Waals surface area contributed by atoms with Crippen LogP contribution in [0.15, 0.2) is 73.1 Å². The van der Waals surface area contributed by atoms with Crippen molar-refractivity contribution in [1.29, 1.82) is 0 Å². The molecule has 0 fully saturated rings. The van der Waals surface area contributed by atoms with Gasteiger partial charge in [-0.05, 0) is 23.8 Å². The van der Waals surface area contributed by atoms with E-state index in [1.807, 2.05) is 42.5 Å². The summed E-state index contributed by atoms with van der Waals surface area (Å²) in [6.45, 7) is 0. The molecule has 0 amide bonds. The third-order valence-electron chi connectivity index (χ3n) is 2.25. The number of H-pyrrole nitrogens is 1. The van der Waals surface area contributed by atoms with Gasteiger partial charge in [0.05, 0.1) is 6.20 Å². The minimum atomic E-state index is -0.459. The standard InChI is InChI=1S/C15H14N2O2/c18-15(11-10-14-8-4-3-5-9-14)19-17-13-7-2-1-6-12-16-17/h1-13,16H. The molecule has 0 bridgehead atoms. The SMILES string of the molecule is O=C(C=Cc1ccccc1)On1cccccc[nH]1. The Kier molecular flexibility index (Phi) is 4.58. The Balaban J connectivity index is 2.02. The molecule has 4 heteroatoms.